The molecule has 2 aromatic rings. The van der Waals surface area contributed by atoms with Crippen molar-refractivity contribution in [2.24, 2.45) is 5.73 Å². The minimum Gasteiger partial charge on any atom is -0.496 e. The number of methoxy groups -OCH3 is 1. The maximum absolute atomic E-state index is 6.06. The number of hydrogen-bond donors (Lipinski definition) is 1. The van der Waals surface area contributed by atoms with Gasteiger partial charge in [0.15, 0.2) is 0 Å². The van der Waals surface area contributed by atoms with Gasteiger partial charge < -0.3 is 15.0 Å². The van der Waals surface area contributed by atoms with Gasteiger partial charge in [0.1, 0.15) is 11.5 Å². The van der Waals surface area contributed by atoms with Gasteiger partial charge in [-0.15, -0.1) is 0 Å². The molecule has 120 valence electrons. The molecule has 1 aromatic carbocycles. The lowest BCUT2D eigenvalue weighted by Crippen LogP contribution is -2.17. The van der Waals surface area contributed by atoms with Gasteiger partial charge in [-0.2, -0.15) is 0 Å². The summed E-state index contributed by atoms with van der Waals surface area (Å²) in [5, 5.41) is 4.04. The largest absolute Gasteiger partial charge is 0.496 e. The molecule has 1 aromatic heterocycles. The maximum atomic E-state index is 6.06. The highest BCUT2D eigenvalue weighted by Crippen LogP contribution is 2.33. The summed E-state index contributed by atoms with van der Waals surface area (Å²) in [4.78, 5) is 0. The number of ether oxygens (including phenoxy) is 1. The Balaban J connectivity index is 2.39. The van der Waals surface area contributed by atoms with Gasteiger partial charge in [-0.3, -0.25) is 0 Å². The van der Waals surface area contributed by atoms with Crippen LogP contribution in [0.3, 0.4) is 0 Å². The van der Waals surface area contributed by atoms with Gasteiger partial charge >= 0.3 is 0 Å². The zero-order chi connectivity index (χ0) is 16.3. The number of nitrogens with two attached hydrogens (primary N) is 1. The van der Waals surface area contributed by atoms with Gasteiger partial charge in [0.2, 0.25) is 0 Å². The van der Waals surface area contributed by atoms with E-state index in [1.54, 1.807) is 7.11 Å². The molecule has 0 saturated carbocycles. The second-order valence-corrected chi connectivity index (χ2v) is 6.10. The fourth-order valence-corrected chi connectivity index (χ4v) is 2.79. The van der Waals surface area contributed by atoms with E-state index in [4.69, 9.17) is 15.0 Å². The molecule has 0 aliphatic rings. The third-order valence-corrected chi connectivity index (χ3v) is 4.28. The molecule has 0 amide bonds. The van der Waals surface area contributed by atoms with Gasteiger partial charge in [0, 0.05) is 11.5 Å². The summed E-state index contributed by atoms with van der Waals surface area (Å²) in [6, 6.07) is 6.39. The highest BCUT2D eigenvalue weighted by atomic mass is 16.5. The van der Waals surface area contributed by atoms with E-state index in [0.29, 0.717) is 12.5 Å². The van der Waals surface area contributed by atoms with Crippen molar-refractivity contribution in [1.29, 1.82) is 0 Å². The molecule has 22 heavy (non-hydrogen) atoms. The summed E-state index contributed by atoms with van der Waals surface area (Å²) in [6.45, 7) is 8.86. The molecule has 0 bridgehead atoms. The van der Waals surface area contributed by atoms with Crippen LogP contribution in [0.2, 0.25) is 0 Å². The summed E-state index contributed by atoms with van der Waals surface area (Å²) in [6.07, 6.45) is 0.815. The van der Waals surface area contributed by atoms with E-state index in [2.05, 4.69) is 31.1 Å². The highest BCUT2D eigenvalue weighted by molar-refractivity contribution is 5.42. The zero-order valence-corrected chi connectivity index (χ0v) is 14.1. The zero-order valence-electron chi connectivity index (χ0n) is 14.1. The normalized spacial score (nSPS) is 12.7. The Labute approximate surface area is 132 Å². The number of aryl methyl sites for hydroxylation is 2. The second-order valence-electron chi connectivity index (χ2n) is 6.10. The van der Waals surface area contributed by atoms with Gasteiger partial charge in [-0.05, 0) is 49.9 Å². The predicted molar refractivity (Wildman–Crippen MR) is 88.6 cm³/mol. The lowest BCUT2D eigenvalue weighted by atomic mass is 9.88. The van der Waals surface area contributed by atoms with Crippen molar-refractivity contribution in [2.75, 3.05) is 13.7 Å². The number of nitrogens with zero attached hydrogens (tertiary/aromatic N) is 1. The van der Waals surface area contributed by atoms with E-state index in [0.717, 1.165) is 34.8 Å². The van der Waals surface area contributed by atoms with Crippen molar-refractivity contribution in [3.8, 4) is 5.75 Å². The van der Waals surface area contributed by atoms with Crippen LogP contribution < -0.4 is 10.5 Å². The minimum atomic E-state index is 0.186. The van der Waals surface area contributed by atoms with Crippen molar-refractivity contribution in [3.05, 3.63) is 46.3 Å². The molecule has 0 aliphatic carbocycles. The first kappa shape index (κ1) is 16.6. The molecule has 0 saturated heterocycles. The molecule has 4 nitrogen and oxygen atoms in total. The molecule has 1 heterocycles. The van der Waals surface area contributed by atoms with Gasteiger partial charge in [0.05, 0.1) is 12.8 Å². The quantitative estimate of drug-likeness (QED) is 0.883. The second kappa shape index (κ2) is 6.97. The average Bonchev–Trinajstić information content (AvgIpc) is 2.83. The maximum Gasteiger partial charge on any atom is 0.137 e. The molecule has 2 rings (SSSR count). The SMILES string of the molecule is COc1ccc(C(C)C)cc1C(CN)Cc1c(C)noc1C. The molecule has 0 radical (unpaired) electrons. The van der Waals surface area contributed by atoms with E-state index >= 15 is 0 Å². The van der Waals surface area contributed by atoms with Crippen LogP contribution in [-0.2, 0) is 6.42 Å². The Morgan fingerprint density at radius 1 is 1.27 bits per heavy atom. The van der Waals surface area contributed by atoms with Crippen molar-refractivity contribution in [1.82, 2.24) is 5.16 Å². The highest BCUT2D eigenvalue weighted by Gasteiger charge is 2.20. The van der Waals surface area contributed by atoms with Crippen molar-refractivity contribution in [2.45, 2.75) is 46.0 Å². The van der Waals surface area contributed by atoms with Crippen LogP contribution in [0.25, 0.3) is 0 Å². The van der Waals surface area contributed by atoms with E-state index in [9.17, 15) is 0 Å². The van der Waals surface area contributed by atoms with E-state index in [1.165, 1.54) is 5.56 Å². The Morgan fingerprint density at radius 3 is 2.50 bits per heavy atom. The summed E-state index contributed by atoms with van der Waals surface area (Å²) < 4.78 is 10.8. The van der Waals surface area contributed by atoms with Gasteiger partial charge in [-0.1, -0.05) is 31.1 Å². The van der Waals surface area contributed by atoms with Crippen LogP contribution in [0.5, 0.6) is 5.75 Å². The summed E-state index contributed by atoms with van der Waals surface area (Å²) in [5.41, 5.74) is 10.6. The molecular weight excluding hydrogens is 276 g/mol. The standard InChI is InChI=1S/C18H26N2O2/c1-11(2)14-6-7-18(21-5)17(8-14)15(10-19)9-16-12(3)20-22-13(16)4/h6-8,11,15H,9-10,19H2,1-5H3. The first-order valence-corrected chi connectivity index (χ1v) is 7.77. The van der Waals surface area contributed by atoms with Crippen molar-refractivity contribution < 1.29 is 9.26 Å². The van der Waals surface area contributed by atoms with E-state index in [1.807, 2.05) is 19.9 Å². The first-order chi connectivity index (χ1) is 10.5. The Bertz CT molecular complexity index is 613. The van der Waals surface area contributed by atoms with Gasteiger partial charge in [-0.25, -0.2) is 0 Å². The van der Waals surface area contributed by atoms with Gasteiger partial charge in [0.25, 0.3) is 0 Å². The smallest absolute Gasteiger partial charge is 0.137 e. The van der Waals surface area contributed by atoms with Crippen molar-refractivity contribution in [3.63, 3.8) is 0 Å². The van der Waals surface area contributed by atoms with Crippen molar-refractivity contribution >= 4 is 0 Å². The molecule has 0 fully saturated rings. The van der Waals surface area contributed by atoms with Crippen LogP contribution in [0.15, 0.2) is 22.7 Å². The lowest BCUT2D eigenvalue weighted by Gasteiger charge is -2.20. The number of rotatable bonds is 6. The van der Waals surface area contributed by atoms with Crippen LogP contribution in [0, 0.1) is 13.8 Å². The predicted octanol–water partition coefficient (Wildman–Crippen LogP) is 3.71. The Morgan fingerprint density at radius 2 is 2.00 bits per heavy atom. The molecular formula is C18H26N2O2. The van der Waals surface area contributed by atoms with E-state index < -0.39 is 0 Å². The summed E-state index contributed by atoms with van der Waals surface area (Å²) in [5.74, 6) is 2.43. The number of aromatic nitrogens is 1. The fourth-order valence-electron chi connectivity index (χ4n) is 2.79. The molecule has 0 spiro atoms. The number of hydrogen-bond acceptors (Lipinski definition) is 4. The Kier molecular flexibility index (Phi) is 5.24. The topological polar surface area (TPSA) is 61.3 Å². The molecule has 4 heteroatoms. The van der Waals surface area contributed by atoms with Crippen LogP contribution in [0.4, 0.5) is 0 Å². The van der Waals surface area contributed by atoms with Crippen LogP contribution in [-0.4, -0.2) is 18.8 Å². The average molecular weight is 302 g/mol. The van der Waals surface area contributed by atoms with Crippen LogP contribution in [0.1, 0.15) is 53.8 Å². The Hall–Kier alpha value is -1.81. The number of benzene rings is 1. The molecule has 2 N–H and O–H groups in total. The lowest BCUT2D eigenvalue weighted by molar-refractivity contribution is 0.391. The monoisotopic (exact) mass is 302 g/mol. The third kappa shape index (κ3) is 3.33. The molecule has 0 aliphatic heterocycles. The third-order valence-electron chi connectivity index (χ3n) is 4.28. The van der Waals surface area contributed by atoms with Crippen LogP contribution >= 0.6 is 0 Å². The molecule has 1 unspecified atom stereocenters. The minimum absolute atomic E-state index is 0.186. The van der Waals surface area contributed by atoms with E-state index in [-0.39, 0.29) is 5.92 Å². The molecule has 1 atom stereocenters. The summed E-state index contributed by atoms with van der Waals surface area (Å²) >= 11 is 0. The first-order valence-electron chi connectivity index (χ1n) is 7.77. The fraction of sp³-hybridized carbons (Fsp3) is 0.500. The summed E-state index contributed by atoms with van der Waals surface area (Å²) in [7, 11) is 1.71.